The molecule has 0 fully saturated rings. The Bertz CT molecular complexity index is 1260. The van der Waals surface area contributed by atoms with Crippen LogP contribution in [0.4, 0.5) is 32.0 Å². The molecule has 8 nitrogen and oxygen atoms in total. The smallest absolute Gasteiger partial charge is 0.389 e. The number of aliphatic hydroxyl groups is 1. The molecule has 3 atom stereocenters. The average Bonchev–Trinajstić information content (AvgIpc) is 3.00. The van der Waals surface area contributed by atoms with Crippen LogP contribution in [0, 0.1) is 11.8 Å². The lowest BCUT2D eigenvalue weighted by Gasteiger charge is -2.26. The molecule has 40 heavy (non-hydrogen) atoms. The lowest BCUT2D eigenvalue weighted by Crippen LogP contribution is -2.48. The Morgan fingerprint density at radius 3 is 2.08 bits per heavy atom. The molecule has 3 rings (SSSR count). The van der Waals surface area contributed by atoms with Crippen LogP contribution in [-0.2, 0) is 21.0 Å². The number of alkyl halides is 6. The first kappa shape index (κ1) is 30.6. The number of anilines is 1. The molecule has 0 aromatic heterocycles. The number of carbonyl (C=O) groups is 3. The summed E-state index contributed by atoms with van der Waals surface area (Å²) in [5.41, 5.74) is 7.22. The minimum absolute atomic E-state index is 0.208. The summed E-state index contributed by atoms with van der Waals surface area (Å²) in [5.74, 6) is -7.33. The number of nitrogens with one attached hydrogen (secondary N) is 2. The monoisotopic (exact) mass is 572 g/mol. The van der Waals surface area contributed by atoms with Gasteiger partial charge in [0, 0.05) is 35.8 Å². The summed E-state index contributed by atoms with van der Waals surface area (Å²) in [6.45, 7) is -0.239. The number of halogens is 6. The highest BCUT2D eigenvalue weighted by atomic mass is 19.4. The SMILES string of the molecule is NC(=O)[C@H](CCC(F)(F)F)[C@H](CCC(F)(F)F)C(=O)N[C@H]1N=C(c2ccc(CO)cc2)c2ccccc2NC1=O. The molecule has 2 aromatic carbocycles. The number of aliphatic imine (C=N–C) groups is 1. The first-order valence-corrected chi connectivity index (χ1v) is 12.1. The minimum atomic E-state index is -4.78. The van der Waals surface area contributed by atoms with E-state index in [1.165, 1.54) is 0 Å². The van der Waals surface area contributed by atoms with Crippen LogP contribution in [0.5, 0.6) is 0 Å². The summed E-state index contributed by atoms with van der Waals surface area (Å²) in [6.07, 6.45) is -16.4. The first-order valence-electron chi connectivity index (χ1n) is 12.1. The number of rotatable bonds is 10. The van der Waals surface area contributed by atoms with Crippen LogP contribution in [0.3, 0.4) is 0 Å². The third-order valence-electron chi connectivity index (χ3n) is 6.30. The van der Waals surface area contributed by atoms with Crippen LogP contribution >= 0.6 is 0 Å². The van der Waals surface area contributed by atoms with Crippen LogP contribution in [-0.4, -0.2) is 47.1 Å². The summed E-state index contributed by atoms with van der Waals surface area (Å²) in [7, 11) is 0. The number of benzodiazepines with no additional fused rings is 1. The van der Waals surface area contributed by atoms with E-state index in [1.54, 1.807) is 48.5 Å². The third kappa shape index (κ3) is 8.28. The van der Waals surface area contributed by atoms with Crippen molar-refractivity contribution in [2.24, 2.45) is 22.6 Å². The van der Waals surface area contributed by atoms with E-state index in [1.807, 2.05) is 0 Å². The van der Waals surface area contributed by atoms with Crippen molar-refractivity contribution in [3.8, 4) is 0 Å². The Kier molecular flexibility index (Phi) is 9.56. The molecule has 5 N–H and O–H groups in total. The van der Waals surface area contributed by atoms with Crippen molar-refractivity contribution < 1.29 is 45.8 Å². The zero-order valence-corrected chi connectivity index (χ0v) is 20.9. The van der Waals surface area contributed by atoms with Gasteiger partial charge in [-0.25, -0.2) is 4.99 Å². The van der Waals surface area contributed by atoms with Gasteiger partial charge in [-0.3, -0.25) is 14.4 Å². The standard InChI is InChI=1S/C26H26F6N4O4/c27-25(28,29)11-9-16(21(33)38)17(10-12-26(30,31)32)23(39)36-22-24(40)34-19-4-2-1-3-18(19)20(35-22)15-7-5-14(13-37)6-8-15/h1-8,16-17,22,37H,9-13H2,(H2,33,38)(H,34,40)(H,36,39)/t16-,17+,22-/m1/s1. The van der Waals surface area contributed by atoms with Gasteiger partial charge in [0.1, 0.15) is 0 Å². The molecule has 2 aromatic rings. The van der Waals surface area contributed by atoms with Crippen molar-refractivity contribution in [1.82, 2.24) is 5.32 Å². The van der Waals surface area contributed by atoms with Gasteiger partial charge in [-0.1, -0.05) is 42.5 Å². The van der Waals surface area contributed by atoms with E-state index in [9.17, 15) is 45.8 Å². The Hall–Kier alpha value is -3.94. The van der Waals surface area contributed by atoms with Crippen molar-refractivity contribution >= 4 is 29.1 Å². The van der Waals surface area contributed by atoms with Gasteiger partial charge < -0.3 is 21.5 Å². The zero-order valence-electron chi connectivity index (χ0n) is 20.9. The number of primary amides is 1. The van der Waals surface area contributed by atoms with Gasteiger partial charge in [0.2, 0.25) is 18.0 Å². The highest BCUT2D eigenvalue weighted by Crippen LogP contribution is 2.33. The summed E-state index contributed by atoms with van der Waals surface area (Å²) >= 11 is 0. The van der Waals surface area contributed by atoms with Crippen molar-refractivity contribution in [2.45, 2.75) is 50.8 Å². The lowest BCUT2D eigenvalue weighted by molar-refractivity contribution is -0.152. The Labute approximate surface area is 224 Å². The average molecular weight is 573 g/mol. The number of para-hydroxylation sites is 1. The highest BCUT2D eigenvalue weighted by molar-refractivity contribution is 6.19. The molecule has 14 heteroatoms. The van der Waals surface area contributed by atoms with Crippen molar-refractivity contribution in [3.63, 3.8) is 0 Å². The van der Waals surface area contributed by atoms with E-state index >= 15 is 0 Å². The van der Waals surface area contributed by atoms with Gasteiger partial charge in [0.05, 0.1) is 18.0 Å². The Balaban J connectivity index is 1.98. The molecule has 0 saturated heterocycles. The molecule has 0 saturated carbocycles. The summed E-state index contributed by atoms with van der Waals surface area (Å²) in [6, 6.07) is 12.9. The molecule has 0 bridgehead atoms. The first-order chi connectivity index (χ1) is 18.7. The fourth-order valence-corrected chi connectivity index (χ4v) is 4.29. The maximum Gasteiger partial charge on any atom is 0.389 e. The van der Waals surface area contributed by atoms with Gasteiger partial charge in [-0.2, -0.15) is 26.3 Å². The number of fused-ring (bicyclic) bond motifs is 1. The van der Waals surface area contributed by atoms with Gasteiger partial charge in [-0.15, -0.1) is 0 Å². The van der Waals surface area contributed by atoms with E-state index in [2.05, 4.69) is 15.6 Å². The van der Waals surface area contributed by atoms with Crippen LogP contribution in [0.25, 0.3) is 0 Å². The maximum absolute atomic E-state index is 13.2. The number of aliphatic hydroxyl groups excluding tert-OH is 1. The van der Waals surface area contributed by atoms with Crippen LogP contribution in [0.15, 0.2) is 53.5 Å². The van der Waals surface area contributed by atoms with E-state index < -0.39 is 73.8 Å². The largest absolute Gasteiger partial charge is 0.392 e. The number of hydrogen-bond donors (Lipinski definition) is 4. The number of amides is 3. The molecule has 216 valence electrons. The molecular weight excluding hydrogens is 546 g/mol. The lowest BCUT2D eigenvalue weighted by atomic mass is 9.83. The van der Waals surface area contributed by atoms with E-state index in [4.69, 9.17) is 5.73 Å². The molecule has 0 aliphatic carbocycles. The fraction of sp³-hybridized carbons (Fsp3) is 0.385. The number of hydrogen-bond acceptors (Lipinski definition) is 5. The van der Waals surface area contributed by atoms with E-state index in [0.29, 0.717) is 22.4 Å². The second-order valence-corrected chi connectivity index (χ2v) is 9.20. The molecular formula is C26H26F6N4O4. The van der Waals surface area contributed by atoms with Gasteiger partial charge >= 0.3 is 12.4 Å². The quantitative estimate of drug-likeness (QED) is 0.322. The topological polar surface area (TPSA) is 134 Å². The molecule has 3 amide bonds. The highest BCUT2D eigenvalue weighted by Gasteiger charge is 2.40. The Morgan fingerprint density at radius 2 is 1.52 bits per heavy atom. The number of carbonyl (C=O) groups excluding carboxylic acids is 3. The number of nitrogens with zero attached hydrogens (tertiary/aromatic N) is 1. The Morgan fingerprint density at radius 1 is 0.950 bits per heavy atom. The predicted octanol–water partition coefficient (Wildman–Crippen LogP) is 3.81. The molecule has 1 aliphatic heterocycles. The maximum atomic E-state index is 13.2. The summed E-state index contributed by atoms with van der Waals surface area (Å²) < 4.78 is 77.6. The number of nitrogens with two attached hydrogens (primary N) is 1. The predicted molar refractivity (Wildman–Crippen MR) is 132 cm³/mol. The molecule has 1 heterocycles. The van der Waals surface area contributed by atoms with E-state index in [0.717, 1.165) is 0 Å². The molecule has 1 aliphatic rings. The zero-order chi connectivity index (χ0) is 29.7. The van der Waals surface area contributed by atoms with E-state index in [-0.39, 0.29) is 12.3 Å². The molecule has 0 unspecified atom stereocenters. The minimum Gasteiger partial charge on any atom is -0.392 e. The molecule has 0 radical (unpaired) electrons. The van der Waals surface area contributed by atoms with Crippen LogP contribution < -0.4 is 16.4 Å². The second kappa shape index (κ2) is 12.5. The van der Waals surface area contributed by atoms with Crippen LogP contribution in [0.1, 0.15) is 42.4 Å². The summed E-state index contributed by atoms with van der Waals surface area (Å²) in [4.78, 5) is 42.6. The second-order valence-electron chi connectivity index (χ2n) is 9.20. The normalized spacial score (nSPS) is 17.1. The molecule has 0 spiro atoms. The van der Waals surface area contributed by atoms with Crippen molar-refractivity contribution in [1.29, 1.82) is 0 Å². The van der Waals surface area contributed by atoms with Crippen molar-refractivity contribution in [2.75, 3.05) is 5.32 Å². The van der Waals surface area contributed by atoms with Gasteiger partial charge in [0.15, 0.2) is 0 Å². The summed E-state index contributed by atoms with van der Waals surface area (Å²) in [5, 5.41) is 14.1. The van der Waals surface area contributed by atoms with Gasteiger partial charge in [0.25, 0.3) is 5.91 Å². The fourth-order valence-electron chi connectivity index (χ4n) is 4.29. The van der Waals surface area contributed by atoms with Gasteiger partial charge in [-0.05, 0) is 24.5 Å². The van der Waals surface area contributed by atoms with Crippen molar-refractivity contribution in [3.05, 3.63) is 65.2 Å². The third-order valence-corrected chi connectivity index (χ3v) is 6.30. The van der Waals surface area contributed by atoms with Crippen LogP contribution in [0.2, 0.25) is 0 Å². The number of benzene rings is 2.